The van der Waals surface area contributed by atoms with Crippen molar-refractivity contribution < 1.29 is 42.9 Å². The van der Waals surface area contributed by atoms with Gasteiger partial charge in [-0.2, -0.15) is 0 Å². The molecule has 0 atom stereocenters. The van der Waals surface area contributed by atoms with Gasteiger partial charge in [0, 0.05) is 19.5 Å². The van der Waals surface area contributed by atoms with Crippen molar-refractivity contribution in [3.63, 3.8) is 0 Å². The zero-order valence-electron chi connectivity index (χ0n) is 16.8. The van der Waals surface area contributed by atoms with Crippen molar-refractivity contribution in [2.75, 3.05) is 32.9 Å². The molecular formula is C18H29NO9. The maximum Gasteiger partial charge on any atom is 0.410 e. The van der Waals surface area contributed by atoms with Crippen LogP contribution in [0.1, 0.15) is 40.5 Å². The first-order valence-electron chi connectivity index (χ1n) is 8.74. The topological polar surface area (TPSA) is 126 Å². The van der Waals surface area contributed by atoms with E-state index < -0.39 is 23.1 Å². The van der Waals surface area contributed by atoms with E-state index in [2.05, 4.69) is 9.47 Å². The fourth-order valence-electron chi connectivity index (χ4n) is 1.98. The molecule has 0 aromatic heterocycles. The first-order valence-corrected chi connectivity index (χ1v) is 8.74. The van der Waals surface area contributed by atoms with E-state index in [0.29, 0.717) is 6.29 Å². The van der Waals surface area contributed by atoms with Gasteiger partial charge in [-0.3, -0.25) is 14.4 Å². The second-order valence-corrected chi connectivity index (χ2v) is 7.46. The molecule has 0 heterocycles. The second kappa shape index (κ2) is 12.7. The fourth-order valence-corrected chi connectivity index (χ4v) is 1.98. The zero-order valence-corrected chi connectivity index (χ0v) is 16.8. The molecule has 0 aliphatic rings. The highest BCUT2D eigenvalue weighted by atomic mass is 16.6. The molecule has 0 aliphatic carbocycles. The molecule has 10 heteroatoms. The molecule has 0 fully saturated rings. The van der Waals surface area contributed by atoms with Crippen LogP contribution >= 0.6 is 0 Å². The predicted molar refractivity (Wildman–Crippen MR) is 96.2 cm³/mol. The zero-order chi connectivity index (χ0) is 21.6. The maximum atomic E-state index is 12.2. The van der Waals surface area contributed by atoms with Crippen molar-refractivity contribution in [3.8, 4) is 0 Å². The summed E-state index contributed by atoms with van der Waals surface area (Å²) >= 11 is 0. The van der Waals surface area contributed by atoms with Crippen LogP contribution in [-0.4, -0.2) is 74.7 Å². The summed E-state index contributed by atoms with van der Waals surface area (Å²) in [6.45, 7) is 6.97. The summed E-state index contributed by atoms with van der Waals surface area (Å²) in [7, 11) is 0. The summed E-state index contributed by atoms with van der Waals surface area (Å²) in [5.41, 5.74) is -1.62. The minimum atomic E-state index is -0.903. The Kier molecular flexibility index (Phi) is 11.5. The molecule has 0 aromatic carbocycles. The van der Waals surface area contributed by atoms with Gasteiger partial charge in [0.2, 0.25) is 0 Å². The lowest BCUT2D eigenvalue weighted by Crippen LogP contribution is -2.39. The predicted octanol–water partition coefficient (Wildman–Crippen LogP) is 1.10. The Bertz CT molecular complexity index is 516. The van der Waals surface area contributed by atoms with Crippen molar-refractivity contribution in [2.45, 2.75) is 46.1 Å². The van der Waals surface area contributed by atoms with Crippen molar-refractivity contribution >= 4 is 31.3 Å². The third-order valence-corrected chi connectivity index (χ3v) is 3.34. The van der Waals surface area contributed by atoms with Gasteiger partial charge >= 0.3 is 12.1 Å². The summed E-state index contributed by atoms with van der Waals surface area (Å²) in [5.74, 6) is -0.608. The van der Waals surface area contributed by atoms with Gasteiger partial charge in [-0.05, 0) is 27.7 Å². The number of esters is 1. The van der Waals surface area contributed by atoms with Crippen LogP contribution in [0.3, 0.4) is 0 Å². The Morgan fingerprint density at radius 3 is 1.93 bits per heavy atom. The lowest BCUT2D eigenvalue weighted by molar-refractivity contribution is -0.153. The van der Waals surface area contributed by atoms with E-state index in [1.54, 1.807) is 27.7 Å². The molecule has 0 N–H and O–H groups in total. The Morgan fingerprint density at radius 2 is 1.46 bits per heavy atom. The highest BCUT2D eigenvalue weighted by molar-refractivity contribution is 5.72. The lowest BCUT2D eigenvalue weighted by Gasteiger charge is -2.28. The van der Waals surface area contributed by atoms with Crippen LogP contribution in [0, 0.1) is 5.41 Å². The number of ether oxygens (including phenoxy) is 4. The minimum absolute atomic E-state index is 0.00791. The Hall–Kier alpha value is -2.65. The van der Waals surface area contributed by atoms with Gasteiger partial charge in [-0.1, -0.05) is 0 Å². The molecule has 0 saturated heterocycles. The van der Waals surface area contributed by atoms with E-state index in [1.165, 1.54) is 4.90 Å². The first-order chi connectivity index (χ1) is 13.1. The standard InChI is InChI=1S/C18H29NO9/c1-17(2,3)28-16(24)19(7-5-9-20)8-6-15(23)27-12-18(4,10-25-13-21)11-26-14-22/h9,13-14H,5-8,10-12H2,1-4H3. The van der Waals surface area contributed by atoms with Crippen molar-refractivity contribution in [1.82, 2.24) is 4.90 Å². The van der Waals surface area contributed by atoms with Gasteiger partial charge in [-0.15, -0.1) is 0 Å². The van der Waals surface area contributed by atoms with Crippen molar-refractivity contribution in [1.29, 1.82) is 0 Å². The van der Waals surface area contributed by atoms with Gasteiger partial charge in [0.05, 0.1) is 11.8 Å². The maximum absolute atomic E-state index is 12.2. The van der Waals surface area contributed by atoms with Gasteiger partial charge < -0.3 is 28.6 Å². The van der Waals surface area contributed by atoms with Crippen LogP contribution in [0.15, 0.2) is 0 Å². The summed E-state index contributed by atoms with van der Waals surface area (Å²) < 4.78 is 19.8. The van der Waals surface area contributed by atoms with Crippen molar-refractivity contribution in [2.24, 2.45) is 5.41 Å². The second-order valence-electron chi connectivity index (χ2n) is 7.46. The monoisotopic (exact) mass is 403 g/mol. The van der Waals surface area contributed by atoms with Gasteiger partial charge in [0.15, 0.2) is 0 Å². The van der Waals surface area contributed by atoms with Gasteiger partial charge in [0.1, 0.15) is 31.7 Å². The molecule has 28 heavy (non-hydrogen) atoms. The van der Waals surface area contributed by atoms with E-state index in [9.17, 15) is 24.0 Å². The van der Waals surface area contributed by atoms with E-state index >= 15 is 0 Å². The largest absolute Gasteiger partial charge is 0.467 e. The number of hydrogen-bond donors (Lipinski definition) is 0. The highest BCUT2D eigenvalue weighted by Crippen LogP contribution is 2.18. The van der Waals surface area contributed by atoms with Crippen LogP contribution in [-0.2, 0) is 38.1 Å². The molecule has 0 rings (SSSR count). The third-order valence-electron chi connectivity index (χ3n) is 3.34. The summed E-state index contributed by atoms with van der Waals surface area (Å²) in [6, 6.07) is 0. The number of rotatable bonds is 14. The molecule has 0 saturated carbocycles. The smallest absolute Gasteiger partial charge is 0.410 e. The molecule has 0 aliphatic heterocycles. The quantitative estimate of drug-likeness (QED) is 0.238. The molecular weight excluding hydrogens is 374 g/mol. The third kappa shape index (κ3) is 11.9. The van der Waals surface area contributed by atoms with E-state index in [1.807, 2.05) is 0 Å². The number of aldehydes is 1. The highest BCUT2D eigenvalue weighted by Gasteiger charge is 2.29. The molecule has 0 bridgehead atoms. The van der Waals surface area contributed by atoms with Crippen LogP contribution in [0.25, 0.3) is 0 Å². The Labute approximate surface area is 164 Å². The summed E-state index contributed by atoms with van der Waals surface area (Å²) in [6.07, 6.45) is 0.0161. The number of carbonyl (C=O) groups excluding carboxylic acids is 5. The van der Waals surface area contributed by atoms with Crippen LogP contribution in [0.5, 0.6) is 0 Å². The van der Waals surface area contributed by atoms with E-state index in [4.69, 9.17) is 9.47 Å². The Balaban J connectivity index is 4.69. The Morgan fingerprint density at radius 1 is 0.893 bits per heavy atom. The van der Waals surface area contributed by atoms with Gasteiger partial charge in [-0.25, -0.2) is 4.79 Å². The van der Waals surface area contributed by atoms with E-state index in [-0.39, 0.29) is 58.7 Å². The first kappa shape index (κ1) is 25.4. The fraction of sp³-hybridized carbons (Fsp3) is 0.722. The average Bonchev–Trinajstić information content (AvgIpc) is 2.61. The molecule has 160 valence electrons. The van der Waals surface area contributed by atoms with Gasteiger partial charge in [0.25, 0.3) is 12.9 Å². The molecule has 0 aromatic rings. The SMILES string of the molecule is CC(COC=O)(COC=O)COC(=O)CCN(CCC=O)C(=O)OC(C)(C)C. The molecule has 10 nitrogen and oxygen atoms in total. The molecule has 0 unspecified atom stereocenters. The molecule has 0 spiro atoms. The number of carbonyl (C=O) groups is 5. The van der Waals surface area contributed by atoms with Crippen LogP contribution in [0.4, 0.5) is 4.79 Å². The summed E-state index contributed by atoms with van der Waals surface area (Å²) in [4.78, 5) is 56.8. The molecule has 0 radical (unpaired) electrons. The van der Waals surface area contributed by atoms with Crippen LogP contribution < -0.4 is 0 Å². The van der Waals surface area contributed by atoms with Crippen LogP contribution in [0.2, 0.25) is 0 Å². The van der Waals surface area contributed by atoms with E-state index in [0.717, 1.165) is 0 Å². The number of nitrogens with zero attached hydrogens (tertiary/aromatic N) is 1. The average molecular weight is 403 g/mol. The van der Waals surface area contributed by atoms with Crippen molar-refractivity contribution in [3.05, 3.63) is 0 Å². The molecule has 1 amide bonds. The number of hydrogen-bond acceptors (Lipinski definition) is 9. The summed E-state index contributed by atoms with van der Waals surface area (Å²) in [5, 5.41) is 0. The lowest BCUT2D eigenvalue weighted by atomic mass is 9.94. The normalized spacial score (nSPS) is 11.1. The number of amides is 1. The minimum Gasteiger partial charge on any atom is -0.467 e.